The number of rotatable bonds is 7. The third-order valence-electron chi connectivity index (χ3n) is 2.52. The van der Waals surface area contributed by atoms with Gasteiger partial charge in [0.1, 0.15) is 6.20 Å². The number of nitrogens with zero attached hydrogens (tertiary/aromatic N) is 1. The normalized spacial score (nSPS) is 9.56. The number of aromatic nitrogens is 2. The first kappa shape index (κ1) is 15.1. The molecule has 0 aliphatic heterocycles. The quantitative estimate of drug-likeness (QED) is 0.403. The molecule has 0 aliphatic rings. The summed E-state index contributed by atoms with van der Waals surface area (Å²) in [5, 5.41) is 0. The second-order valence-electron chi connectivity index (χ2n) is 3.63. The van der Waals surface area contributed by atoms with Gasteiger partial charge in [-0.1, -0.05) is 26.3 Å². The third kappa shape index (κ3) is 3.93. The Morgan fingerprint density at radius 1 is 1.44 bits per heavy atom. The van der Waals surface area contributed by atoms with Gasteiger partial charge in [0.05, 0.1) is 6.54 Å². The van der Waals surface area contributed by atoms with E-state index in [4.69, 9.17) is 0 Å². The lowest BCUT2D eigenvalue weighted by Gasteiger charge is -1.99. The lowest BCUT2D eigenvalue weighted by Crippen LogP contribution is -3.00. The maximum atomic E-state index is 10.8. The van der Waals surface area contributed by atoms with Crippen molar-refractivity contribution in [3.05, 3.63) is 24.3 Å². The van der Waals surface area contributed by atoms with Gasteiger partial charge < -0.3 is 17.0 Å². The topological polar surface area (TPSA) is 36.7 Å². The van der Waals surface area contributed by atoms with E-state index in [-0.39, 0.29) is 17.0 Å². The van der Waals surface area contributed by atoms with Crippen LogP contribution in [0, 0.1) is 0 Å². The average molecular weight is 287 g/mol. The fourth-order valence-corrected chi connectivity index (χ4v) is 1.66. The summed E-state index contributed by atoms with van der Waals surface area (Å²) in [7, 11) is 0. The van der Waals surface area contributed by atoms with Gasteiger partial charge in [0.25, 0.3) is 5.82 Å². The second kappa shape index (κ2) is 8.28. The molecule has 4 heteroatoms. The number of hydrogen-bond donors (Lipinski definition) is 1. The Labute approximate surface area is 107 Å². The summed E-state index contributed by atoms with van der Waals surface area (Å²) >= 11 is 0. The lowest BCUT2D eigenvalue weighted by atomic mass is 10.2. The minimum atomic E-state index is 0. The van der Waals surface area contributed by atoms with Crippen LogP contribution in [0.5, 0.6) is 0 Å². The van der Waals surface area contributed by atoms with Gasteiger partial charge in [0, 0.05) is 6.08 Å². The minimum Gasteiger partial charge on any atom is -1.00 e. The molecule has 3 nitrogen and oxygen atoms in total. The summed E-state index contributed by atoms with van der Waals surface area (Å²) in [4.78, 5) is 13.8. The highest BCUT2D eigenvalue weighted by Crippen LogP contribution is 2.01. The van der Waals surface area contributed by atoms with Crippen molar-refractivity contribution in [3.8, 4) is 0 Å². The molecular weight excluding hydrogens is 268 g/mol. The second-order valence-corrected chi connectivity index (χ2v) is 3.63. The van der Waals surface area contributed by atoms with Gasteiger partial charge in [-0.3, -0.25) is 4.79 Å². The zero-order valence-corrected chi connectivity index (χ0v) is 11.3. The van der Waals surface area contributed by atoms with Crippen LogP contribution in [0.2, 0.25) is 0 Å². The zero-order chi connectivity index (χ0) is 11.1. The molecule has 0 bridgehead atoms. The number of H-pyrrole nitrogens is 1. The molecule has 1 aromatic rings. The molecule has 0 saturated carbocycles. The molecule has 0 radical (unpaired) electrons. The number of imidazole rings is 1. The predicted octanol–water partition coefficient (Wildman–Crippen LogP) is -0.658. The van der Waals surface area contributed by atoms with E-state index < -0.39 is 0 Å². The van der Waals surface area contributed by atoms with Gasteiger partial charge >= 0.3 is 0 Å². The van der Waals surface area contributed by atoms with E-state index in [9.17, 15) is 4.79 Å². The van der Waals surface area contributed by atoms with Crippen molar-refractivity contribution in [3.63, 3.8) is 0 Å². The van der Waals surface area contributed by atoms with Crippen molar-refractivity contribution >= 4 is 12.4 Å². The number of unbranched alkanes of at least 4 members (excludes halogenated alkanes) is 3. The molecule has 0 amide bonds. The fourth-order valence-electron chi connectivity index (χ4n) is 1.66. The molecule has 1 N–H and O–H groups in total. The number of carbonyl (C=O) groups excluding carboxylic acids is 1. The zero-order valence-electron chi connectivity index (χ0n) is 9.71. The number of halogens is 1. The van der Waals surface area contributed by atoms with Gasteiger partial charge in [-0.25, -0.2) is 9.55 Å². The summed E-state index contributed by atoms with van der Waals surface area (Å²) in [5.41, 5.74) is 0.696. The van der Waals surface area contributed by atoms with Crippen molar-refractivity contribution in [1.29, 1.82) is 0 Å². The molecule has 0 atom stereocenters. The van der Waals surface area contributed by atoms with Gasteiger partial charge in [0.15, 0.2) is 6.29 Å². The van der Waals surface area contributed by atoms with Gasteiger partial charge in [-0.05, 0) is 12.8 Å². The number of carbonyl (C=O) groups is 1. The fraction of sp³-hybridized carbons (Fsp3) is 0.500. The Morgan fingerprint density at radius 3 is 2.75 bits per heavy atom. The SMILES string of the molecule is C=Cc1[nH]cc(C=O)[n+]1CCCCCC.[Br-]. The van der Waals surface area contributed by atoms with Crippen molar-refractivity contribution < 1.29 is 26.3 Å². The molecule has 0 aliphatic carbocycles. The van der Waals surface area contributed by atoms with Crippen LogP contribution >= 0.6 is 0 Å². The summed E-state index contributed by atoms with van der Waals surface area (Å²) < 4.78 is 1.98. The number of aromatic amines is 1. The smallest absolute Gasteiger partial charge is 0.279 e. The molecule has 0 fully saturated rings. The van der Waals surface area contributed by atoms with Crippen LogP contribution in [-0.4, -0.2) is 11.3 Å². The van der Waals surface area contributed by atoms with Crippen LogP contribution in [0.25, 0.3) is 6.08 Å². The van der Waals surface area contributed by atoms with Crippen molar-refractivity contribution in [2.24, 2.45) is 0 Å². The van der Waals surface area contributed by atoms with Crippen molar-refractivity contribution in [2.75, 3.05) is 0 Å². The molecule has 0 spiro atoms. The standard InChI is InChI=1S/C12H18N2O.BrH/c1-3-5-6-7-8-14-11(10-15)9-13-12(14)4-2;/h4,9-10H,2-3,5-8H2,1H3;1H. The molecular formula is C12H19BrN2O. The molecule has 0 unspecified atom stereocenters. The number of aldehydes is 1. The molecule has 1 aromatic heterocycles. The van der Waals surface area contributed by atoms with Crippen LogP contribution in [0.4, 0.5) is 0 Å². The Balaban J connectivity index is 0.00000225. The van der Waals surface area contributed by atoms with Crippen molar-refractivity contribution in [1.82, 2.24) is 4.98 Å². The first-order valence-electron chi connectivity index (χ1n) is 5.52. The largest absolute Gasteiger partial charge is 1.00 e. The van der Waals surface area contributed by atoms with Crippen LogP contribution in [-0.2, 0) is 6.54 Å². The van der Waals surface area contributed by atoms with Crippen LogP contribution in [0.1, 0.15) is 48.9 Å². The average Bonchev–Trinajstić information content (AvgIpc) is 2.66. The summed E-state index contributed by atoms with van der Waals surface area (Å²) in [6.45, 7) is 6.79. The van der Waals surface area contributed by atoms with E-state index in [1.165, 1.54) is 19.3 Å². The molecule has 0 saturated heterocycles. The Hall–Kier alpha value is -0.900. The highest BCUT2D eigenvalue weighted by Gasteiger charge is 2.13. The summed E-state index contributed by atoms with van der Waals surface area (Å²) in [6, 6.07) is 0. The van der Waals surface area contributed by atoms with Gasteiger partial charge in [-0.2, -0.15) is 0 Å². The molecule has 1 rings (SSSR count). The highest BCUT2D eigenvalue weighted by atomic mass is 79.9. The van der Waals surface area contributed by atoms with E-state index >= 15 is 0 Å². The minimum absolute atomic E-state index is 0. The molecule has 0 aromatic carbocycles. The highest BCUT2D eigenvalue weighted by molar-refractivity contribution is 5.69. The van der Waals surface area contributed by atoms with E-state index in [1.807, 2.05) is 4.57 Å². The number of hydrogen-bond acceptors (Lipinski definition) is 1. The number of nitrogens with one attached hydrogen (secondary N) is 1. The Kier molecular flexibility index (Phi) is 7.81. The van der Waals surface area contributed by atoms with Crippen LogP contribution in [0.3, 0.4) is 0 Å². The summed E-state index contributed by atoms with van der Waals surface area (Å²) in [6.07, 6.45) is 9.15. The van der Waals surface area contributed by atoms with Gasteiger partial charge in [0.2, 0.25) is 5.69 Å². The van der Waals surface area contributed by atoms with E-state index in [1.54, 1.807) is 12.3 Å². The molecule has 1 heterocycles. The maximum absolute atomic E-state index is 10.8. The van der Waals surface area contributed by atoms with E-state index in [2.05, 4.69) is 18.5 Å². The lowest BCUT2D eigenvalue weighted by molar-refractivity contribution is -0.698. The summed E-state index contributed by atoms with van der Waals surface area (Å²) in [5.74, 6) is 0.911. The van der Waals surface area contributed by atoms with Crippen LogP contribution in [0.15, 0.2) is 12.8 Å². The predicted molar refractivity (Wildman–Crippen MR) is 60.6 cm³/mol. The maximum Gasteiger partial charge on any atom is 0.279 e. The van der Waals surface area contributed by atoms with Crippen LogP contribution < -0.4 is 21.5 Å². The van der Waals surface area contributed by atoms with E-state index in [0.29, 0.717) is 5.69 Å². The van der Waals surface area contributed by atoms with Gasteiger partial charge in [-0.15, -0.1) is 0 Å². The Bertz CT molecular complexity index is 308. The van der Waals surface area contributed by atoms with E-state index in [0.717, 1.165) is 25.1 Å². The molecule has 90 valence electrons. The monoisotopic (exact) mass is 286 g/mol. The molecule has 16 heavy (non-hydrogen) atoms. The first-order valence-corrected chi connectivity index (χ1v) is 5.52. The first-order chi connectivity index (χ1) is 7.33. The van der Waals surface area contributed by atoms with Crippen molar-refractivity contribution in [2.45, 2.75) is 39.2 Å². The Morgan fingerprint density at radius 2 is 2.19 bits per heavy atom. The third-order valence-corrected chi connectivity index (χ3v) is 2.52.